The molecule has 60 valence electrons. The molecule has 1 aromatic carbocycles. The van der Waals surface area contributed by atoms with Gasteiger partial charge >= 0.3 is 0 Å². The predicted molar refractivity (Wildman–Crippen MR) is 49.5 cm³/mol. The molecular formula is C8H11NOS. The van der Waals surface area contributed by atoms with Gasteiger partial charge in [0, 0.05) is 11.9 Å². The molecule has 0 bridgehead atoms. The van der Waals surface area contributed by atoms with Crippen molar-refractivity contribution >= 4 is 17.6 Å². The summed E-state index contributed by atoms with van der Waals surface area (Å²) in [7, 11) is 0. The molecule has 0 saturated heterocycles. The molecule has 3 heteroatoms. The van der Waals surface area contributed by atoms with Crippen LogP contribution in [-0.2, 0) is 6.61 Å². The van der Waals surface area contributed by atoms with Crippen molar-refractivity contribution in [1.82, 2.24) is 0 Å². The molecule has 0 spiro atoms. The summed E-state index contributed by atoms with van der Waals surface area (Å²) in [6.45, 7) is 0.111. The van der Waals surface area contributed by atoms with Crippen molar-refractivity contribution in [2.45, 2.75) is 6.61 Å². The lowest BCUT2D eigenvalue weighted by atomic mass is 10.2. The molecule has 0 aliphatic carbocycles. The second-order valence-electron chi connectivity index (χ2n) is 2.16. The summed E-state index contributed by atoms with van der Waals surface area (Å²) in [6, 6.07) is 7.70. The summed E-state index contributed by atoms with van der Waals surface area (Å²) in [5.41, 5.74) is 2.01. The van der Waals surface area contributed by atoms with Crippen molar-refractivity contribution in [2.75, 3.05) is 11.0 Å². The van der Waals surface area contributed by atoms with E-state index in [1.165, 1.54) is 0 Å². The van der Waals surface area contributed by atoms with E-state index in [1.54, 1.807) is 11.9 Å². The number of hydrogen-bond acceptors (Lipinski definition) is 3. The zero-order valence-corrected chi connectivity index (χ0v) is 7.19. The lowest BCUT2D eigenvalue weighted by molar-refractivity contribution is 0.282. The third kappa shape index (κ3) is 2.44. The monoisotopic (exact) mass is 169 g/mol. The summed E-state index contributed by atoms with van der Waals surface area (Å²) in [4.78, 5) is 0. The van der Waals surface area contributed by atoms with Crippen molar-refractivity contribution in [2.24, 2.45) is 0 Å². The van der Waals surface area contributed by atoms with Crippen LogP contribution in [0.4, 0.5) is 5.69 Å². The summed E-state index contributed by atoms with van der Waals surface area (Å²) < 4.78 is 3.09. The lowest BCUT2D eigenvalue weighted by Gasteiger charge is -2.01. The molecule has 1 rings (SSSR count). The normalized spacial score (nSPS) is 9.64. The van der Waals surface area contributed by atoms with E-state index < -0.39 is 0 Å². The van der Waals surface area contributed by atoms with E-state index in [-0.39, 0.29) is 6.61 Å². The topological polar surface area (TPSA) is 32.3 Å². The average Bonchev–Trinajstić information content (AvgIpc) is 2.07. The van der Waals surface area contributed by atoms with E-state index in [0.717, 1.165) is 11.3 Å². The number of hydrogen-bond donors (Lipinski definition) is 2. The molecule has 0 aliphatic rings. The first-order valence-electron chi connectivity index (χ1n) is 3.35. The number of benzene rings is 1. The van der Waals surface area contributed by atoms with Gasteiger partial charge in [0.15, 0.2) is 0 Å². The van der Waals surface area contributed by atoms with Gasteiger partial charge in [0.2, 0.25) is 0 Å². The molecule has 0 heterocycles. The molecule has 2 nitrogen and oxygen atoms in total. The van der Waals surface area contributed by atoms with Crippen LogP contribution in [0.2, 0.25) is 0 Å². The Hall–Kier alpha value is -0.670. The van der Waals surface area contributed by atoms with Gasteiger partial charge in [0.05, 0.1) is 6.61 Å². The smallest absolute Gasteiger partial charge is 0.0681 e. The van der Waals surface area contributed by atoms with Gasteiger partial charge in [-0.2, -0.15) is 0 Å². The van der Waals surface area contributed by atoms with Crippen LogP contribution in [0.25, 0.3) is 0 Å². The van der Waals surface area contributed by atoms with E-state index in [2.05, 4.69) is 4.72 Å². The van der Waals surface area contributed by atoms with E-state index in [1.807, 2.05) is 30.5 Å². The van der Waals surface area contributed by atoms with Crippen molar-refractivity contribution in [3.05, 3.63) is 29.8 Å². The Balaban J connectivity index is 2.66. The van der Waals surface area contributed by atoms with Crippen molar-refractivity contribution < 1.29 is 5.11 Å². The summed E-state index contributed by atoms with van der Waals surface area (Å²) in [5, 5.41) is 8.73. The van der Waals surface area contributed by atoms with Crippen molar-refractivity contribution in [1.29, 1.82) is 0 Å². The maximum Gasteiger partial charge on any atom is 0.0681 e. The quantitative estimate of drug-likeness (QED) is 0.677. The molecule has 0 aromatic heterocycles. The predicted octanol–water partition coefficient (Wildman–Crippen LogP) is 1.87. The first-order valence-corrected chi connectivity index (χ1v) is 4.58. The number of rotatable bonds is 3. The van der Waals surface area contributed by atoms with Crippen LogP contribution >= 0.6 is 11.9 Å². The van der Waals surface area contributed by atoms with Crippen LogP contribution < -0.4 is 4.72 Å². The van der Waals surface area contributed by atoms with Crippen LogP contribution in [0.3, 0.4) is 0 Å². The summed E-state index contributed by atoms with van der Waals surface area (Å²) >= 11 is 1.56. The number of anilines is 1. The number of nitrogens with one attached hydrogen (secondary N) is 1. The molecule has 11 heavy (non-hydrogen) atoms. The van der Waals surface area contributed by atoms with Gasteiger partial charge in [0.1, 0.15) is 0 Å². The van der Waals surface area contributed by atoms with Gasteiger partial charge in [-0.25, -0.2) is 0 Å². The molecule has 0 fully saturated rings. The Morgan fingerprint density at radius 2 is 2.00 bits per heavy atom. The molecule has 0 radical (unpaired) electrons. The Morgan fingerprint density at radius 3 is 2.45 bits per heavy atom. The van der Waals surface area contributed by atoms with Crippen LogP contribution in [0.15, 0.2) is 24.3 Å². The Kier molecular flexibility index (Phi) is 3.26. The second kappa shape index (κ2) is 4.26. The minimum atomic E-state index is 0.111. The fraction of sp³-hybridized carbons (Fsp3) is 0.250. The maximum atomic E-state index is 8.73. The molecule has 0 aliphatic heterocycles. The third-order valence-electron chi connectivity index (χ3n) is 1.36. The Labute approximate surface area is 70.8 Å². The Bertz CT molecular complexity index is 210. The zero-order chi connectivity index (χ0) is 8.10. The lowest BCUT2D eigenvalue weighted by Crippen LogP contribution is -1.86. The molecular weight excluding hydrogens is 158 g/mol. The summed E-state index contributed by atoms with van der Waals surface area (Å²) in [5.74, 6) is 0. The third-order valence-corrected chi connectivity index (χ3v) is 1.80. The molecule has 1 aromatic rings. The molecule has 0 saturated carbocycles. The van der Waals surface area contributed by atoms with E-state index >= 15 is 0 Å². The van der Waals surface area contributed by atoms with E-state index in [0.29, 0.717) is 0 Å². The van der Waals surface area contributed by atoms with Gasteiger partial charge in [-0.05, 0) is 17.7 Å². The van der Waals surface area contributed by atoms with Gasteiger partial charge in [-0.3, -0.25) is 0 Å². The first-order chi connectivity index (χ1) is 5.36. The van der Waals surface area contributed by atoms with E-state index in [9.17, 15) is 0 Å². The molecule has 2 N–H and O–H groups in total. The minimum absolute atomic E-state index is 0.111. The highest BCUT2D eigenvalue weighted by atomic mass is 32.2. The summed E-state index contributed by atoms with van der Waals surface area (Å²) in [6.07, 6.45) is 1.97. The zero-order valence-electron chi connectivity index (χ0n) is 6.37. The largest absolute Gasteiger partial charge is 0.392 e. The first kappa shape index (κ1) is 8.43. The van der Waals surface area contributed by atoms with Crippen molar-refractivity contribution in [3.63, 3.8) is 0 Å². The maximum absolute atomic E-state index is 8.73. The molecule has 0 amide bonds. The molecule has 0 unspecified atom stereocenters. The van der Waals surface area contributed by atoms with Crippen LogP contribution in [0.1, 0.15) is 5.56 Å². The Morgan fingerprint density at radius 1 is 1.36 bits per heavy atom. The fourth-order valence-corrected chi connectivity index (χ4v) is 1.17. The molecule has 0 atom stereocenters. The average molecular weight is 169 g/mol. The number of aliphatic hydroxyl groups excluding tert-OH is 1. The minimum Gasteiger partial charge on any atom is -0.392 e. The van der Waals surface area contributed by atoms with Gasteiger partial charge in [0.25, 0.3) is 0 Å². The van der Waals surface area contributed by atoms with E-state index in [4.69, 9.17) is 5.11 Å². The van der Waals surface area contributed by atoms with Crippen LogP contribution in [0, 0.1) is 0 Å². The van der Waals surface area contributed by atoms with Crippen LogP contribution in [-0.4, -0.2) is 11.4 Å². The van der Waals surface area contributed by atoms with Gasteiger partial charge in [-0.15, -0.1) is 0 Å². The van der Waals surface area contributed by atoms with Gasteiger partial charge < -0.3 is 9.83 Å². The highest BCUT2D eigenvalue weighted by Gasteiger charge is 1.90. The standard InChI is InChI=1S/C8H11NOS/c1-11-9-8-4-2-7(6-10)3-5-8/h2-5,9-10H,6H2,1H3. The van der Waals surface area contributed by atoms with Crippen LogP contribution in [0.5, 0.6) is 0 Å². The SMILES string of the molecule is CSNc1ccc(CO)cc1. The second-order valence-corrected chi connectivity index (χ2v) is 2.77. The van der Waals surface area contributed by atoms with Crippen molar-refractivity contribution in [3.8, 4) is 0 Å². The van der Waals surface area contributed by atoms with Gasteiger partial charge in [-0.1, -0.05) is 24.1 Å². The highest BCUT2D eigenvalue weighted by molar-refractivity contribution is 7.99. The number of aliphatic hydroxyl groups is 1. The fourth-order valence-electron chi connectivity index (χ4n) is 0.796. The highest BCUT2D eigenvalue weighted by Crippen LogP contribution is 2.11.